The molecule has 0 fully saturated rings. The van der Waals surface area contributed by atoms with Crippen LogP contribution < -0.4 is 11.1 Å². The standard InChI is InChI=1S/C17H17N3O3S/c1-11-8-12(2)10-13(9-11)18-15(21)5-6-20-17(22)23-16(19-20)14-4-3-7-24-14/h3-4,7-10H,5-6H2,1-2H3,(H,18,21). The highest BCUT2D eigenvalue weighted by Gasteiger charge is 2.12. The van der Waals surface area contributed by atoms with E-state index in [0.29, 0.717) is 0 Å². The van der Waals surface area contributed by atoms with Gasteiger partial charge in [0.15, 0.2) is 0 Å². The van der Waals surface area contributed by atoms with Crippen molar-refractivity contribution in [1.29, 1.82) is 0 Å². The molecule has 0 atom stereocenters. The van der Waals surface area contributed by atoms with Crippen LogP contribution in [0.3, 0.4) is 0 Å². The molecule has 0 spiro atoms. The first-order chi connectivity index (χ1) is 11.5. The van der Waals surface area contributed by atoms with Crippen LogP contribution in [0.5, 0.6) is 0 Å². The first kappa shape index (κ1) is 16.2. The summed E-state index contributed by atoms with van der Waals surface area (Å²) in [4.78, 5) is 24.7. The SMILES string of the molecule is Cc1cc(C)cc(NC(=O)CCn2nc(-c3cccs3)oc2=O)c1. The van der Waals surface area contributed by atoms with Gasteiger partial charge in [-0.05, 0) is 48.6 Å². The third-order valence-electron chi connectivity index (χ3n) is 3.39. The molecule has 124 valence electrons. The Morgan fingerprint density at radius 1 is 1.29 bits per heavy atom. The molecule has 6 nitrogen and oxygen atoms in total. The topological polar surface area (TPSA) is 77.1 Å². The van der Waals surface area contributed by atoms with Crippen molar-refractivity contribution in [3.8, 4) is 10.8 Å². The van der Waals surface area contributed by atoms with E-state index in [1.54, 1.807) is 0 Å². The van der Waals surface area contributed by atoms with Gasteiger partial charge in [-0.1, -0.05) is 12.1 Å². The Bertz CT molecular complexity index is 889. The van der Waals surface area contributed by atoms with Crippen molar-refractivity contribution >= 4 is 22.9 Å². The van der Waals surface area contributed by atoms with Crippen LogP contribution in [0.4, 0.5) is 5.69 Å². The van der Waals surface area contributed by atoms with Crippen LogP contribution in [0.2, 0.25) is 0 Å². The predicted molar refractivity (Wildman–Crippen MR) is 93.2 cm³/mol. The van der Waals surface area contributed by atoms with Crippen molar-refractivity contribution in [2.75, 3.05) is 5.32 Å². The summed E-state index contributed by atoms with van der Waals surface area (Å²) < 4.78 is 6.29. The van der Waals surface area contributed by atoms with Crippen LogP contribution in [0.25, 0.3) is 10.8 Å². The molecular formula is C17H17N3O3S. The maximum Gasteiger partial charge on any atom is 0.437 e. The summed E-state index contributed by atoms with van der Waals surface area (Å²) in [6.07, 6.45) is 0.142. The van der Waals surface area contributed by atoms with Crippen molar-refractivity contribution < 1.29 is 9.21 Å². The molecule has 0 aliphatic heterocycles. The summed E-state index contributed by atoms with van der Waals surface area (Å²) in [7, 11) is 0. The fraction of sp³-hybridized carbons (Fsp3) is 0.235. The number of thiophene rings is 1. The van der Waals surface area contributed by atoms with Gasteiger partial charge in [0.05, 0.1) is 11.4 Å². The van der Waals surface area contributed by atoms with Crippen molar-refractivity contribution in [2.24, 2.45) is 0 Å². The zero-order chi connectivity index (χ0) is 17.1. The first-order valence-electron chi connectivity index (χ1n) is 7.51. The normalized spacial score (nSPS) is 10.8. The van der Waals surface area contributed by atoms with E-state index in [0.717, 1.165) is 21.7 Å². The minimum Gasteiger partial charge on any atom is -0.387 e. The van der Waals surface area contributed by atoms with E-state index in [4.69, 9.17) is 4.42 Å². The average Bonchev–Trinajstić information content (AvgIpc) is 3.13. The van der Waals surface area contributed by atoms with Gasteiger partial charge in [0.1, 0.15) is 0 Å². The monoisotopic (exact) mass is 343 g/mol. The Labute approximate surface area is 142 Å². The van der Waals surface area contributed by atoms with E-state index >= 15 is 0 Å². The smallest absolute Gasteiger partial charge is 0.387 e. The van der Waals surface area contributed by atoms with E-state index < -0.39 is 5.76 Å². The number of aromatic nitrogens is 2. The van der Waals surface area contributed by atoms with Gasteiger partial charge < -0.3 is 9.73 Å². The lowest BCUT2D eigenvalue weighted by atomic mass is 10.1. The van der Waals surface area contributed by atoms with Crippen LogP contribution in [0.1, 0.15) is 17.5 Å². The summed E-state index contributed by atoms with van der Waals surface area (Å²) >= 11 is 1.44. The van der Waals surface area contributed by atoms with Crippen molar-refractivity contribution in [2.45, 2.75) is 26.8 Å². The summed E-state index contributed by atoms with van der Waals surface area (Å²) in [6.45, 7) is 4.12. The third-order valence-corrected chi connectivity index (χ3v) is 4.25. The van der Waals surface area contributed by atoms with Crippen LogP contribution >= 0.6 is 11.3 Å². The summed E-state index contributed by atoms with van der Waals surface area (Å²) in [5, 5.41) is 8.84. The molecule has 2 aromatic heterocycles. The maximum absolute atomic E-state index is 12.1. The first-order valence-corrected chi connectivity index (χ1v) is 8.39. The Morgan fingerprint density at radius 2 is 2.04 bits per heavy atom. The summed E-state index contributed by atoms with van der Waals surface area (Å²) in [5.74, 6) is -0.449. The molecule has 0 aliphatic rings. The maximum atomic E-state index is 12.1. The fourth-order valence-electron chi connectivity index (χ4n) is 2.43. The van der Waals surface area contributed by atoms with Gasteiger partial charge in [0.25, 0.3) is 5.89 Å². The number of nitrogens with zero attached hydrogens (tertiary/aromatic N) is 2. The summed E-state index contributed by atoms with van der Waals surface area (Å²) in [5.41, 5.74) is 2.92. The second-order valence-corrected chi connectivity index (χ2v) is 6.50. The lowest BCUT2D eigenvalue weighted by Gasteiger charge is -2.07. The minimum atomic E-state index is -0.558. The highest BCUT2D eigenvalue weighted by atomic mass is 32.1. The second kappa shape index (κ2) is 6.84. The number of carbonyl (C=O) groups is 1. The molecule has 3 rings (SSSR count). The Hall–Kier alpha value is -2.67. The number of carbonyl (C=O) groups excluding carboxylic acids is 1. The molecule has 0 saturated heterocycles. The number of nitrogens with one attached hydrogen (secondary N) is 1. The highest BCUT2D eigenvalue weighted by molar-refractivity contribution is 7.13. The van der Waals surface area contributed by atoms with Gasteiger partial charge in [-0.25, -0.2) is 4.79 Å². The molecule has 1 N–H and O–H groups in total. The molecule has 0 saturated carbocycles. The average molecular weight is 343 g/mol. The molecular weight excluding hydrogens is 326 g/mol. The minimum absolute atomic E-state index is 0.142. The molecule has 1 aromatic carbocycles. The molecule has 0 radical (unpaired) electrons. The predicted octanol–water partition coefficient (Wildman–Crippen LogP) is 3.21. The number of hydrogen-bond acceptors (Lipinski definition) is 5. The van der Waals surface area contributed by atoms with Crippen LogP contribution in [-0.2, 0) is 11.3 Å². The van der Waals surface area contributed by atoms with E-state index in [-0.39, 0.29) is 24.8 Å². The number of hydrogen-bond donors (Lipinski definition) is 1. The molecule has 2 heterocycles. The molecule has 0 bridgehead atoms. The van der Waals surface area contributed by atoms with Gasteiger partial charge >= 0.3 is 5.76 Å². The molecule has 0 unspecified atom stereocenters. The second-order valence-electron chi connectivity index (χ2n) is 5.55. The Morgan fingerprint density at radius 3 is 2.71 bits per heavy atom. The van der Waals surface area contributed by atoms with Gasteiger partial charge in [0, 0.05) is 12.1 Å². The van der Waals surface area contributed by atoms with Gasteiger partial charge in [-0.3, -0.25) is 4.79 Å². The molecule has 3 aromatic rings. The van der Waals surface area contributed by atoms with E-state index in [1.165, 1.54) is 16.0 Å². The van der Waals surface area contributed by atoms with Crippen molar-refractivity contribution in [1.82, 2.24) is 9.78 Å². The molecule has 24 heavy (non-hydrogen) atoms. The van der Waals surface area contributed by atoms with Crippen LogP contribution in [-0.4, -0.2) is 15.7 Å². The number of benzene rings is 1. The van der Waals surface area contributed by atoms with E-state index in [2.05, 4.69) is 10.4 Å². The van der Waals surface area contributed by atoms with E-state index in [9.17, 15) is 9.59 Å². The van der Waals surface area contributed by atoms with Gasteiger partial charge in [-0.2, -0.15) is 4.68 Å². The largest absolute Gasteiger partial charge is 0.437 e. The van der Waals surface area contributed by atoms with Crippen molar-refractivity contribution in [3.63, 3.8) is 0 Å². The zero-order valence-electron chi connectivity index (χ0n) is 13.4. The lowest BCUT2D eigenvalue weighted by Crippen LogP contribution is -2.21. The molecule has 0 aliphatic carbocycles. The number of amides is 1. The van der Waals surface area contributed by atoms with Gasteiger partial charge in [-0.15, -0.1) is 16.4 Å². The Balaban J connectivity index is 1.63. The number of rotatable bonds is 5. The van der Waals surface area contributed by atoms with Crippen LogP contribution in [0.15, 0.2) is 44.9 Å². The van der Waals surface area contributed by atoms with Gasteiger partial charge in [0.2, 0.25) is 5.91 Å². The summed E-state index contributed by atoms with van der Waals surface area (Å²) in [6, 6.07) is 9.53. The van der Waals surface area contributed by atoms with Crippen LogP contribution in [0, 0.1) is 13.8 Å². The Kier molecular flexibility index (Phi) is 4.61. The van der Waals surface area contributed by atoms with E-state index in [1.807, 2.05) is 49.6 Å². The molecule has 7 heteroatoms. The lowest BCUT2D eigenvalue weighted by molar-refractivity contribution is -0.116. The molecule has 1 amide bonds. The third kappa shape index (κ3) is 3.80. The highest BCUT2D eigenvalue weighted by Crippen LogP contribution is 2.21. The fourth-order valence-corrected chi connectivity index (χ4v) is 3.07. The van der Waals surface area contributed by atoms with Crippen molar-refractivity contribution in [3.05, 3.63) is 57.4 Å². The quantitative estimate of drug-likeness (QED) is 0.772. The number of anilines is 1. The zero-order valence-corrected chi connectivity index (χ0v) is 14.2. The number of aryl methyl sites for hydroxylation is 3.